The third-order valence-corrected chi connectivity index (χ3v) is 3.23. The molecule has 0 fully saturated rings. The normalized spacial score (nSPS) is 14.1. The molecule has 0 spiro atoms. The summed E-state index contributed by atoms with van der Waals surface area (Å²) < 4.78 is 19.0. The number of anilines is 1. The van der Waals surface area contributed by atoms with Crippen molar-refractivity contribution >= 4 is 5.69 Å². The number of rotatable bonds is 8. The number of halogens is 1. The summed E-state index contributed by atoms with van der Waals surface area (Å²) in [5.74, 6) is -0.232. The fourth-order valence-electron chi connectivity index (χ4n) is 2.35. The Morgan fingerprint density at radius 2 is 2.15 bits per heavy atom. The summed E-state index contributed by atoms with van der Waals surface area (Å²) in [6.45, 7) is 5.35. The highest BCUT2D eigenvalue weighted by Crippen LogP contribution is 2.28. The number of methoxy groups -OCH3 is 1. The van der Waals surface area contributed by atoms with Crippen LogP contribution in [0.4, 0.5) is 10.1 Å². The smallest absolute Gasteiger partial charge is 0.130 e. The van der Waals surface area contributed by atoms with Gasteiger partial charge < -0.3 is 20.1 Å². The van der Waals surface area contributed by atoms with E-state index in [1.807, 2.05) is 31.9 Å². The van der Waals surface area contributed by atoms with E-state index >= 15 is 0 Å². The number of hydrogen-bond acceptors (Lipinski definition) is 4. The number of ether oxygens (including phenoxy) is 1. The molecule has 20 heavy (non-hydrogen) atoms. The molecule has 2 unspecified atom stereocenters. The highest BCUT2D eigenvalue weighted by atomic mass is 19.1. The topological polar surface area (TPSA) is 44.7 Å². The van der Waals surface area contributed by atoms with Crippen LogP contribution in [0.2, 0.25) is 0 Å². The quantitative estimate of drug-likeness (QED) is 0.766. The minimum atomic E-state index is -0.601. The minimum Gasteiger partial charge on any atom is -0.389 e. The molecule has 1 rings (SSSR count). The minimum absolute atomic E-state index is 0.0850. The molecule has 0 aromatic heterocycles. The summed E-state index contributed by atoms with van der Waals surface area (Å²) in [6.07, 6.45) is -0.601. The second kappa shape index (κ2) is 8.19. The second-order valence-corrected chi connectivity index (χ2v) is 4.94. The number of nitrogens with zero attached hydrogens (tertiary/aromatic N) is 1. The summed E-state index contributed by atoms with van der Waals surface area (Å²) in [7, 11) is 3.39. The molecular weight excluding hydrogens is 259 g/mol. The van der Waals surface area contributed by atoms with Crippen LogP contribution in [0.3, 0.4) is 0 Å². The number of hydrogen-bond donors (Lipinski definition) is 2. The highest BCUT2D eigenvalue weighted by molar-refractivity contribution is 5.55. The van der Waals surface area contributed by atoms with E-state index in [9.17, 15) is 9.50 Å². The van der Waals surface area contributed by atoms with Gasteiger partial charge in [0.1, 0.15) is 5.82 Å². The zero-order valence-electron chi connectivity index (χ0n) is 12.7. The predicted octanol–water partition coefficient (Wildman–Crippen LogP) is 1.94. The Labute approximate surface area is 120 Å². The molecule has 5 heteroatoms. The first kappa shape index (κ1) is 16.9. The van der Waals surface area contributed by atoms with Crippen molar-refractivity contribution in [2.75, 3.05) is 38.8 Å². The summed E-state index contributed by atoms with van der Waals surface area (Å²) >= 11 is 0. The molecule has 2 atom stereocenters. The van der Waals surface area contributed by atoms with E-state index in [0.717, 1.165) is 12.2 Å². The first-order chi connectivity index (χ1) is 9.51. The van der Waals surface area contributed by atoms with E-state index in [4.69, 9.17) is 4.74 Å². The van der Waals surface area contributed by atoms with Crippen LogP contribution in [0.1, 0.15) is 25.5 Å². The van der Waals surface area contributed by atoms with Gasteiger partial charge in [-0.1, -0.05) is 13.0 Å². The maximum atomic E-state index is 14.1. The molecule has 114 valence electrons. The first-order valence-electron chi connectivity index (χ1n) is 6.91. The van der Waals surface area contributed by atoms with Gasteiger partial charge in [0.05, 0.1) is 12.7 Å². The molecule has 0 saturated carbocycles. The van der Waals surface area contributed by atoms with Gasteiger partial charge in [0.2, 0.25) is 0 Å². The number of likely N-dealkylation sites (N-methyl/N-ethyl adjacent to an activating group) is 1. The zero-order valence-corrected chi connectivity index (χ0v) is 12.7. The lowest BCUT2D eigenvalue weighted by Crippen LogP contribution is -2.33. The second-order valence-electron chi connectivity index (χ2n) is 4.94. The Morgan fingerprint density at radius 1 is 1.45 bits per heavy atom. The van der Waals surface area contributed by atoms with Crippen molar-refractivity contribution in [2.45, 2.75) is 26.0 Å². The summed E-state index contributed by atoms with van der Waals surface area (Å²) in [6, 6.07) is 4.93. The van der Waals surface area contributed by atoms with Crippen LogP contribution in [0, 0.1) is 5.82 Å². The average Bonchev–Trinajstić information content (AvgIpc) is 2.38. The highest BCUT2D eigenvalue weighted by Gasteiger charge is 2.18. The summed E-state index contributed by atoms with van der Waals surface area (Å²) in [4.78, 5) is 1.86. The fourth-order valence-corrected chi connectivity index (χ4v) is 2.35. The van der Waals surface area contributed by atoms with Gasteiger partial charge in [0, 0.05) is 38.0 Å². The standard InChI is InChI=1S/C15H25FN2O2/c1-5-17-11(2)15-13(16)7-6-8-14(15)18(3)9-12(19)10-20-4/h6-8,11-12,17,19H,5,9-10H2,1-4H3. The molecule has 1 aromatic carbocycles. The van der Waals surface area contributed by atoms with E-state index in [1.54, 1.807) is 13.2 Å². The maximum absolute atomic E-state index is 14.1. The van der Waals surface area contributed by atoms with E-state index in [1.165, 1.54) is 6.07 Å². The van der Waals surface area contributed by atoms with Gasteiger partial charge in [-0.25, -0.2) is 4.39 Å². The van der Waals surface area contributed by atoms with E-state index in [2.05, 4.69) is 5.32 Å². The molecule has 0 aliphatic rings. The maximum Gasteiger partial charge on any atom is 0.130 e. The number of benzene rings is 1. The largest absolute Gasteiger partial charge is 0.389 e. The number of aliphatic hydroxyl groups is 1. The van der Waals surface area contributed by atoms with Crippen LogP contribution in [-0.2, 0) is 4.74 Å². The van der Waals surface area contributed by atoms with Crippen LogP contribution >= 0.6 is 0 Å². The Balaban J connectivity index is 2.95. The predicted molar refractivity (Wildman–Crippen MR) is 79.6 cm³/mol. The van der Waals surface area contributed by atoms with Crippen molar-refractivity contribution in [2.24, 2.45) is 0 Å². The van der Waals surface area contributed by atoms with Crippen molar-refractivity contribution < 1.29 is 14.2 Å². The van der Waals surface area contributed by atoms with Crippen molar-refractivity contribution in [3.63, 3.8) is 0 Å². The van der Waals surface area contributed by atoms with E-state index < -0.39 is 6.10 Å². The molecule has 0 heterocycles. The molecule has 2 N–H and O–H groups in total. The average molecular weight is 284 g/mol. The van der Waals surface area contributed by atoms with Gasteiger partial charge in [-0.05, 0) is 25.6 Å². The van der Waals surface area contributed by atoms with Gasteiger partial charge in [0.25, 0.3) is 0 Å². The van der Waals surface area contributed by atoms with Gasteiger partial charge in [0.15, 0.2) is 0 Å². The molecule has 0 aliphatic heterocycles. The van der Waals surface area contributed by atoms with Crippen molar-refractivity contribution in [1.29, 1.82) is 0 Å². The van der Waals surface area contributed by atoms with Gasteiger partial charge in [-0.3, -0.25) is 0 Å². The number of nitrogens with one attached hydrogen (secondary N) is 1. The van der Waals surface area contributed by atoms with Crippen LogP contribution in [0.5, 0.6) is 0 Å². The molecular formula is C15H25FN2O2. The van der Waals surface area contributed by atoms with Gasteiger partial charge in [-0.15, -0.1) is 0 Å². The molecule has 0 saturated heterocycles. The van der Waals surface area contributed by atoms with Crippen LogP contribution < -0.4 is 10.2 Å². The molecule has 0 bridgehead atoms. The zero-order chi connectivity index (χ0) is 15.1. The van der Waals surface area contributed by atoms with Gasteiger partial charge in [-0.2, -0.15) is 0 Å². The fraction of sp³-hybridized carbons (Fsp3) is 0.600. The van der Waals surface area contributed by atoms with Gasteiger partial charge >= 0.3 is 0 Å². The number of aliphatic hydroxyl groups excluding tert-OH is 1. The first-order valence-corrected chi connectivity index (χ1v) is 6.91. The van der Waals surface area contributed by atoms with Crippen molar-refractivity contribution in [3.8, 4) is 0 Å². The van der Waals surface area contributed by atoms with Crippen LogP contribution in [-0.4, -0.2) is 45.1 Å². The molecule has 4 nitrogen and oxygen atoms in total. The third-order valence-electron chi connectivity index (χ3n) is 3.23. The van der Waals surface area contributed by atoms with Crippen molar-refractivity contribution in [1.82, 2.24) is 5.32 Å². The Kier molecular flexibility index (Phi) is 6.91. The SMILES string of the molecule is CCNC(C)c1c(F)cccc1N(C)CC(O)COC. The monoisotopic (exact) mass is 284 g/mol. The Morgan fingerprint density at radius 3 is 2.75 bits per heavy atom. The lowest BCUT2D eigenvalue weighted by molar-refractivity contribution is 0.0695. The molecule has 0 radical (unpaired) electrons. The Hall–Kier alpha value is -1.17. The summed E-state index contributed by atoms with van der Waals surface area (Å²) in [5, 5.41) is 13.0. The van der Waals surface area contributed by atoms with Crippen molar-refractivity contribution in [3.05, 3.63) is 29.6 Å². The molecule has 0 aliphatic carbocycles. The lowest BCUT2D eigenvalue weighted by Gasteiger charge is -2.27. The van der Waals surface area contributed by atoms with E-state index in [-0.39, 0.29) is 18.5 Å². The van der Waals surface area contributed by atoms with Crippen LogP contribution in [0.15, 0.2) is 18.2 Å². The third kappa shape index (κ3) is 4.44. The summed E-state index contributed by atoms with van der Waals surface area (Å²) in [5.41, 5.74) is 1.41. The van der Waals surface area contributed by atoms with E-state index in [0.29, 0.717) is 12.1 Å². The molecule has 0 amide bonds. The lowest BCUT2D eigenvalue weighted by atomic mass is 10.0. The van der Waals surface area contributed by atoms with Crippen LogP contribution in [0.25, 0.3) is 0 Å². The Bertz CT molecular complexity index is 415. The molecule has 1 aromatic rings.